The first-order valence-electron chi connectivity index (χ1n) is 5.68. The summed E-state index contributed by atoms with van der Waals surface area (Å²) in [6.45, 7) is 2.75. The summed E-state index contributed by atoms with van der Waals surface area (Å²) in [7, 11) is 0. The van der Waals surface area contributed by atoms with Crippen LogP contribution >= 0.6 is 23.4 Å². The van der Waals surface area contributed by atoms with Crippen LogP contribution in [0.5, 0.6) is 0 Å². The van der Waals surface area contributed by atoms with E-state index >= 15 is 0 Å². The minimum Gasteiger partial charge on any atom is -0.378 e. The number of aryl methyl sites for hydroxylation is 1. The molecule has 2 rings (SSSR count). The van der Waals surface area contributed by atoms with Gasteiger partial charge in [-0.15, -0.1) is 11.8 Å². The Hall–Kier alpha value is -1.19. The number of nitrogens with one attached hydrogen (secondary N) is 1. The van der Waals surface area contributed by atoms with Gasteiger partial charge in [0.25, 0.3) is 0 Å². The minimum atomic E-state index is 0.515. The summed E-state index contributed by atoms with van der Waals surface area (Å²) in [6, 6.07) is 10.5. The Labute approximate surface area is 117 Å². The fraction of sp³-hybridized carbons (Fsp3) is 0.214. The Morgan fingerprint density at radius 3 is 2.67 bits per heavy atom. The fourth-order valence-corrected chi connectivity index (χ4v) is 2.20. The molecule has 0 saturated heterocycles. The number of thioether (sulfide) groups is 1. The Bertz CT molecular complexity index is 526. The lowest BCUT2D eigenvalue weighted by Crippen LogP contribution is -2.01. The molecule has 0 atom stereocenters. The maximum atomic E-state index is 6.03. The molecule has 1 heterocycles. The van der Waals surface area contributed by atoms with Crippen molar-refractivity contribution in [1.82, 2.24) is 4.98 Å². The van der Waals surface area contributed by atoms with Gasteiger partial charge in [-0.05, 0) is 42.5 Å². The highest BCUT2D eigenvalue weighted by molar-refractivity contribution is 7.98. The summed E-state index contributed by atoms with van der Waals surface area (Å²) in [6.07, 6.45) is 3.84. The highest BCUT2D eigenvalue weighted by Gasteiger charge is 2.01. The van der Waals surface area contributed by atoms with E-state index in [0.29, 0.717) is 5.15 Å². The van der Waals surface area contributed by atoms with Gasteiger partial charge in [-0.1, -0.05) is 23.7 Å². The zero-order valence-electron chi connectivity index (χ0n) is 10.4. The van der Waals surface area contributed by atoms with Crippen LogP contribution in [0.3, 0.4) is 0 Å². The number of hydrogen-bond donors (Lipinski definition) is 1. The molecule has 2 aromatic rings. The van der Waals surface area contributed by atoms with Crippen LogP contribution in [0.15, 0.2) is 41.4 Å². The average molecular weight is 279 g/mol. The molecule has 0 unspecified atom stereocenters. The number of rotatable bonds is 4. The van der Waals surface area contributed by atoms with E-state index in [1.807, 2.05) is 13.0 Å². The molecule has 2 nitrogen and oxygen atoms in total. The molecule has 0 fully saturated rings. The van der Waals surface area contributed by atoms with Crippen LogP contribution in [0.25, 0.3) is 0 Å². The van der Waals surface area contributed by atoms with Crippen LogP contribution in [0.2, 0.25) is 5.15 Å². The van der Waals surface area contributed by atoms with Crippen molar-refractivity contribution in [3.8, 4) is 0 Å². The Balaban J connectivity index is 2.04. The largest absolute Gasteiger partial charge is 0.378 e. The van der Waals surface area contributed by atoms with Crippen molar-refractivity contribution >= 4 is 29.1 Å². The number of benzene rings is 1. The van der Waals surface area contributed by atoms with E-state index in [1.165, 1.54) is 10.5 Å². The first-order valence-corrected chi connectivity index (χ1v) is 7.28. The van der Waals surface area contributed by atoms with E-state index in [4.69, 9.17) is 11.6 Å². The average Bonchev–Trinajstić information content (AvgIpc) is 2.40. The Morgan fingerprint density at radius 1 is 1.28 bits per heavy atom. The van der Waals surface area contributed by atoms with E-state index in [-0.39, 0.29) is 0 Å². The molecular formula is C14H15ClN2S. The second kappa shape index (κ2) is 6.12. The first kappa shape index (κ1) is 13.2. The number of nitrogens with zero attached hydrogens (tertiary/aromatic N) is 1. The zero-order chi connectivity index (χ0) is 13.0. The van der Waals surface area contributed by atoms with Gasteiger partial charge in [0.15, 0.2) is 5.15 Å². The molecule has 4 heteroatoms. The second-order valence-corrected chi connectivity index (χ2v) is 5.29. The molecule has 0 bridgehead atoms. The third-order valence-corrected chi connectivity index (χ3v) is 3.66. The molecule has 0 radical (unpaired) electrons. The molecule has 0 spiro atoms. The summed E-state index contributed by atoms with van der Waals surface area (Å²) >= 11 is 7.78. The van der Waals surface area contributed by atoms with Crippen molar-refractivity contribution < 1.29 is 0 Å². The lowest BCUT2D eigenvalue weighted by Gasteiger charge is -2.09. The quantitative estimate of drug-likeness (QED) is 0.664. The van der Waals surface area contributed by atoms with Crippen LogP contribution in [-0.4, -0.2) is 11.2 Å². The van der Waals surface area contributed by atoms with Gasteiger partial charge in [0.05, 0.1) is 5.69 Å². The summed E-state index contributed by atoms with van der Waals surface area (Å²) in [5.74, 6) is 0. The third-order valence-electron chi connectivity index (χ3n) is 2.62. The summed E-state index contributed by atoms with van der Waals surface area (Å²) in [5, 5.41) is 3.82. The molecule has 1 aromatic heterocycles. The highest BCUT2D eigenvalue weighted by atomic mass is 35.5. The maximum absolute atomic E-state index is 6.03. The van der Waals surface area contributed by atoms with E-state index < -0.39 is 0 Å². The fourth-order valence-electron chi connectivity index (χ4n) is 1.62. The van der Waals surface area contributed by atoms with Gasteiger partial charge in [-0.2, -0.15) is 0 Å². The standard InChI is InChI=1S/C14H15ClN2S/c1-10-7-13(14(15)17-8-10)16-9-11-3-5-12(18-2)6-4-11/h3-8,16H,9H2,1-2H3. The smallest absolute Gasteiger partial charge is 0.152 e. The number of anilines is 1. The van der Waals surface area contributed by atoms with E-state index in [0.717, 1.165) is 17.8 Å². The maximum Gasteiger partial charge on any atom is 0.152 e. The van der Waals surface area contributed by atoms with Crippen molar-refractivity contribution in [2.24, 2.45) is 0 Å². The predicted octanol–water partition coefficient (Wildman–Crippen LogP) is 4.38. The van der Waals surface area contributed by atoms with Gasteiger partial charge in [-0.3, -0.25) is 0 Å². The van der Waals surface area contributed by atoms with Gasteiger partial charge >= 0.3 is 0 Å². The van der Waals surface area contributed by atoms with Crippen LogP contribution in [-0.2, 0) is 6.54 Å². The van der Waals surface area contributed by atoms with Crippen molar-refractivity contribution in [1.29, 1.82) is 0 Å². The summed E-state index contributed by atoms with van der Waals surface area (Å²) in [5.41, 5.74) is 3.20. The molecule has 0 aliphatic heterocycles. The third kappa shape index (κ3) is 3.40. The molecule has 0 aliphatic rings. The second-order valence-electron chi connectivity index (χ2n) is 4.05. The Morgan fingerprint density at radius 2 is 2.00 bits per heavy atom. The van der Waals surface area contributed by atoms with Gasteiger partial charge in [0, 0.05) is 17.6 Å². The molecule has 0 saturated carbocycles. The van der Waals surface area contributed by atoms with Gasteiger partial charge in [0.2, 0.25) is 0 Å². The van der Waals surface area contributed by atoms with Crippen LogP contribution < -0.4 is 5.32 Å². The lowest BCUT2D eigenvalue weighted by atomic mass is 10.2. The normalized spacial score (nSPS) is 10.4. The van der Waals surface area contributed by atoms with E-state index in [9.17, 15) is 0 Å². The van der Waals surface area contributed by atoms with Crippen molar-refractivity contribution in [3.05, 3.63) is 52.8 Å². The summed E-state index contributed by atoms with van der Waals surface area (Å²) in [4.78, 5) is 5.39. The van der Waals surface area contributed by atoms with Crippen molar-refractivity contribution in [2.45, 2.75) is 18.4 Å². The van der Waals surface area contributed by atoms with Crippen molar-refractivity contribution in [3.63, 3.8) is 0 Å². The first-order chi connectivity index (χ1) is 8.69. The monoisotopic (exact) mass is 278 g/mol. The highest BCUT2D eigenvalue weighted by Crippen LogP contribution is 2.21. The van der Waals surface area contributed by atoms with Gasteiger partial charge < -0.3 is 5.32 Å². The van der Waals surface area contributed by atoms with E-state index in [2.05, 4.69) is 40.8 Å². The van der Waals surface area contributed by atoms with Gasteiger partial charge in [-0.25, -0.2) is 4.98 Å². The number of pyridine rings is 1. The predicted molar refractivity (Wildman–Crippen MR) is 79.5 cm³/mol. The zero-order valence-corrected chi connectivity index (χ0v) is 12.0. The molecule has 0 aliphatic carbocycles. The van der Waals surface area contributed by atoms with Gasteiger partial charge in [0.1, 0.15) is 0 Å². The number of aromatic nitrogens is 1. The molecule has 1 aromatic carbocycles. The van der Waals surface area contributed by atoms with Crippen LogP contribution in [0.4, 0.5) is 5.69 Å². The minimum absolute atomic E-state index is 0.515. The SMILES string of the molecule is CSc1ccc(CNc2cc(C)cnc2Cl)cc1. The number of hydrogen-bond acceptors (Lipinski definition) is 3. The van der Waals surface area contributed by atoms with Crippen LogP contribution in [0, 0.1) is 6.92 Å². The molecule has 1 N–H and O–H groups in total. The van der Waals surface area contributed by atoms with Crippen LogP contribution in [0.1, 0.15) is 11.1 Å². The van der Waals surface area contributed by atoms with E-state index in [1.54, 1.807) is 18.0 Å². The molecular weight excluding hydrogens is 264 g/mol. The lowest BCUT2D eigenvalue weighted by molar-refractivity contribution is 1.12. The molecule has 94 valence electrons. The molecule has 0 amide bonds. The Kier molecular flexibility index (Phi) is 4.50. The summed E-state index contributed by atoms with van der Waals surface area (Å²) < 4.78 is 0. The molecule has 18 heavy (non-hydrogen) atoms. The van der Waals surface area contributed by atoms with Crippen molar-refractivity contribution in [2.75, 3.05) is 11.6 Å². The topological polar surface area (TPSA) is 24.9 Å². The number of halogens is 1.